The van der Waals surface area contributed by atoms with E-state index in [2.05, 4.69) is 58.1 Å². The van der Waals surface area contributed by atoms with Crippen LogP contribution in [0.3, 0.4) is 0 Å². The Balaban J connectivity index is 1.14. The highest BCUT2D eigenvalue weighted by Gasteiger charge is 2.58. The molecule has 2 aliphatic carbocycles. The van der Waals surface area contributed by atoms with E-state index in [9.17, 15) is 9.59 Å². The second-order valence-electron chi connectivity index (χ2n) is 8.36. The van der Waals surface area contributed by atoms with Crippen molar-refractivity contribution in [2.24, 2.45) is 28.7 Å². The predicted molar refractivity (Wildman–Crippen MR) is 117 cm³/mol. The van der Waals surface area contributed by atoms with Crippen LogP contribution in [0.25, 0.3) is 10.8 Å². The number of guanidine groups is 1. The minimum absolute atomic E-state index is 0.00256. The first-order valence-electron chi connectivity index (χ1n) is 10.6. The van der Waals surface area contributed by atoms with Crippen molar-refractivity contribution in [1.29, 1.82) is 0 Å². The van der Waals surface area contributed by atoms with Crippen LogP contribution in [0.2, 0.25) is 0 Å². The van der Waals surface area contributed by atoms with Gasteiger partial charge in [-0.05, 0) is 40.7 Å². The van der Waals surface area contributed by atoms with E-state index in [4.69, 9.17) is 0 Å². The summed E-state index contributed by atoms with van der Waals surface area (Å²) in [5, 5.41) is 8.96. The van der Waals surface area contributed by atoms with Gasteiger partial charge in [0.1, 0.15) is 0 Å². The van der Waals surface area contributed by atoms with Gasteiger partial charge in [0.05, 0.1) is 11.8 Å². The highest BCUT2D eigenvalue weighted by molar-refractivity contribution is 6.06. The molecule has 4 unspecified atom stereocenters. The van der Waals surface area contributed by atoms with Gasteiger partial charge in [-0.2, -0.15) is 0 Å². The third-order valence-electron chi connectivity index (χ3n) is 6.69. The number of imide groups is 1. The maximum Gasteiger partial charge on any atom is 0.233 e. The number of nitrogens with zero attached hydrogens (tertiary/aromatic N) is 2. The molecule has 5 rings (SSSR count). The maximum absolute atomic E-state index is 12.7. The zero-order valence-corrected chi connectivity index (χ0v) is 17.0. The molecular formula is C24H26N4O2. The molecule has 2 aromatic rings. The maximum atomic E-state index is 12.7. The summed E-state index contributed by atoms with van der Waals surface area (Å²) >= 11 is 0. The Bertz CT molecular complexity index is 1030. The second-order valence-corrected chi connectivity index (χ2v) is 8.36. The van der Waals surface area contributed by atoms with Gasteiger partial charge < -0.3 is 10.6 Å². The number of allylic oxidation sites excluding steroid dienone is 2. The Hall–Kier alpha value is -3.15. The molecule has 0 spiro atoms. The number of likely N-dealkylation sites (tertiary alicyclic amines) is 1. The van der Waals surface area contributed by atoms with Gasteiger partial charge in [0.2, 0.25) is 11.8 Å². The van der Waals surface area contributed by atoms with Gasteiger partial charge in [0.25, 0.3) is 0 Å². The molecule has 1 saturated carbocycles. The largest absolute Gasteiger partial charge is 0.355 e. The van der Waals surface area contributed by atoms with E-state index in [0.29, 0.717) is 25.6 Å². The fraction of sp³-hybridized carbons (Fsp3) is 0.375. The van der Waals surface area contributed by atoms with E-state index >= 15 is 0 Å². The first kappa shape index (κ1) is 18.9. The molecule has 2 amide bonds. The van der Waals surface area contributed by atoms with E-state index in [1.54, 1.807) is 7.05 Å². The lowest BCUT2D eigenvalue weighted by Crippen LogP contribution is -2.43. The minimum Gasteiger partial charge on any atom is -0.355 e. The Morgan fingerprint density at radius 2 is 1.70 bits per heavy atom. The average Bonchev–Trinajstić information content (AvgIpc) is 3.45. The number of carbonyl (C=O) groups excluding carboxylic acids is 2. The lowest BCUT2D eigenvalue weighted by atomic mass is 9.85. The molecule has 2 bridgehead atoms. The molecule has 1 aliphatic heterocycles. The van der Waals surface area contributed by atoms with Crippen LogP contribution < -0.4 is 10.6 Å². The van der Waals surface area contributed by atoms with Crippen LogP contribution in [-0.4, -0.2) is 42.8 Å². The van der Waals surface area contributed by atoms with Gasteiger partial charge in [0, 0.05) is 26.7 Å². The Morgan fingerprint density at radius 3 is 2.40 bits per heavy atom. The molecular weight excluding hydrogens is 376 g/mol. The Kier molecular flexibility index (Phi) is 4.77. The highest BCUT2D eigenvalue weighted by Crippen LogP contribution is 2.52. The van der Waals surface area contributed by atoms with Gasteiger partial charge >= 0.3 is 0 Å². The van der Waals surface area contributed by atoms with Crippen molar-refractivity contribution in [3.05, 3.63) is 60.2 Å². The average molecular weight is 402 g/mol. The lowest BCUT2D eigenvalue weighted by Gasteiger charge is -2.18. The van der Waals surface area contributed by atoms with Gasteiger partial charge in [-0.3, -0.25) is 19.5 Å². The molecule has 2 fully saturated rings. The molecule has 2 aromatic carbocycles. The summed E-state index contributed by atoms with van der Waals surface area (Å²) in [5.41, 5.74) is 1.16. The molecule has 4 atom stereocenters. The van der Waals surface area contributed by atoms with Crippen molar-refractivity contribution >= 4 is 28.5 Å². The number of nitrogens with one attached hydrogen (secondary N) is 2. The van der Waals surface area contributed by atoms with E-state index in [-0.39, 0.29) is 35.5 Å². The molecule has 1 saturated heterocycles. The van der Waals surface area contributed by atoms with Crippen LogP contribution in [0.4, 0.5) is 0 Å². The topological polar surface area (TPSA) is 73.8 Å². The number of benzene rings is 2. The summed E-state index contributed by atoms with van der Waals surface area (Å²) in [7, 11) is 1.72. The molecule has 30 heavy (non-hydrogen) atoms. The molecule has 6 heteroatoms. The Morgan fingerprint density at radius 1 is 1.00 bits per heavy atom. The van der Waals surface area contributed by atoms with Gasteiger partial charge in [0.15, 0.2) is 5.96 Å². The SMILES string of the molecule is CN=C(NCCN1C(=O)C2C3C=CC(C3)C2C1=O)NCc1ccc2ccccc2c1. The van der Waals surface area contributed by atoms with Crippen LogP contribution in [0.5, 0.6) is 0 Å². The third kappa shape index (κ3) is 3.16. The minimum atomic E-state index is -0.127. The standard InChI is InChI=1S/C24H26N4O2/c1-25-24(27-14-15-6-7-16-4-2-3-5-17(16)12-15)26-10-11-28-22(29)20-18-8-9-19(13-18)21(20)23(28)30/h2-9,12,18-21H,10-11,13-14H2,1H3,(H2,25,26,27). The van der Waals surface area contributed by atoms with Crippen molar-refractivity contribution in [1.82, 2.24) is 15.5 Å². The van der Waals surface area contributed by atoms with E-state index < -0.39 is 0 Å². The summed E-state index contributed by atoms with van der Waals surface area (Å²) < 4.78 is 0. The smallest absolute Gasteiger partial charge is 0.233 e. The fourth-order valence-electron chi connectivity index (χ4n) is 5.23. The Labute approximate surface area is 176 Å². The zero-order valence-electron chi connectivity index (χ0n) is 17.0. The van der Waals surface area contributed by atoms with Crippen LogP contribution in [0.15, 0.2) is 59.6 Å². The number of hydrogen-bond acceptors (Lipinski definition) is 3. The molecule has 1 heterocycles. The summed E-state index contributed by atoms with van der Waals surface area (Å²) in [4.78, 5) is 31.2. The quantitative estimate of drug-likeness (QED) is 0.348. The predicted octanol–water partition coefficient (Wildman–Crippen LogP) is 2.31. The third-order valence-corrected chi connectivity index (χ3v) is 6.69. The summed E-state index contributed by atoms with van der Waals surface area (Å²) in [6, 6.07) is 14.7. The van der Waals surface area contributed by atoms with E-state index in [1.807, 2.05) is 12.1 Å². The van der Waals surface area contributed by atoms with Crippen LogP contribution >= 0.6 is 0 Å². The van der Waals surface area contributed by atoms with E-state index in [0.717, 1.165) is 12.0 Å². The highest BCUT2D eigenvalue weighted by atomic mass is 16.2. The summed E-state index contributed by atoms with van der Waals surface area (Å²) in [6.45, 7) is 1.50. The van der Waals surface area contributed by atoms with Crippen molar-refractivity contribution in [2.45, 2.75) is 13.0 Å². The van der Waals surface area contributed by atoms with Gasteiger partial charge in [-0.15, -0.1) is 0 Å². The van der Waals surface area contributed by atoms with Crippen LogP contribution in [0, 0.1) is 23.7 Å². The number of carbonyl (C=O) groups is 2. The second kappa shape index (κ2) is 7.59. The molecule has 6 nitrogen and oxygen atoms in total. The normalized spacial score (nSPS) is 27.2. The molecule has 0 aromatic heterocycles. The monoisotopic (exact) mass is 402 g/mol. The number of hydrogen-bond donors (Lipinski definition) is 2. The van der Waals surface area contributed by atoms with Crippen LogP contribution in [-0.2, 0) is 16.1 Å². The first-order chi connectivity index (χ1) is 14.7. The van der Waals surface area contributed by atoms with Crippen molar-refractivity contribution in [2.75, 3.05) is 20.1 Å². The summed E-state index contributed by atoms with van der Waals surface area (Å²) in [6.07, 6.45) is 5.21. The van der Waals surface area contributed by atoms with Gasteiger partial charge in [-0.1, -0.05) is 48.6 Å². The number of fused-ring (bicyclic) bond motifs is 6. The molecule has 0 radical (unpaired) electrons. The zero-order chi connectivity index (χ0) is 20.7. The first-order valence-corrected chi connectivity index (χ1v) is 10.6. The van der Waals surface area contributed by atoms with Crippen molar-refractivity contribution in [3.63, 3.8) is 0 Å². The molecule has 2 N–H and O–H groups in total. The van der Waals surface area contributed by atoms with Gasteiger partial charge in [-0.25, -0.2) is 0 Å². The molecule has 154 valence electrons. The van der Waals surface area contributed by atoms with Crippen LogP contribution in [0.1, 0.15) is 12.0 Å². The van der Waals surface area contributed by atoms with E-state index in [1.165, 1.54) is 15.7 Å². The lowest BCUT2D eigenvalue weighted by molar-refractivity contribution is -0.140. The van der Waals surface area contributed by atoms with Crippen molar-refractivity contribution < 1.29 is 9.59 Å². The number of rotatable bonds is 5. The van der Waals surface area contributed by atoms with Crippen molar-refractivity contribution in [3.8, 4) is 0 Å². The number of aliphatic imine (C=N–C) groups is 1. The fourth-order valence-corrected chi connectivity index (χ4v) is 5.23. The summed E-state index contributed by atoms with van der Waals surface area (Å²) in [5.74, 6) is 0.918. The number of amides is 2. The molecule has 3 aliphatic rings.